The first kappa shape index (κ1) is 23.7. The van der Waals surface area contributed by atoms with E-state index in [-0.39, 0.29) is 23.0 Å². The summed E-state index contributed by atoms with van der Waals surface area (Å²) in [5.74, 6) is 0.218. The van der Waals surface area contributed by atoms with Crippen LogP contribution >= 0.6 is 0 Å². The zero-order chi connectivity index (χ0) is 24.3. The second-order valence-electron chi connectivity index (χ2n) is 8.82. The molecule has 0 amide bonds. The lowest BCUT2D eigenvalue weighted by Crippen LogP contribution is -2.44. The number of fused-ring (bicyclic) bond motifs is 2. The lowest BCUT2D eigenvalue weighted by Gasteiger charge is -2.40. The van der Waals surface area contributed by atoms with Crippen LogP contribution in [0.2, 0.25) is 0 Å². The highest BCUT2D eigenvalue weighted by Gasteiger charge is 2.44. The predicted octanol–water partition coefficient (Wildman–Crippen LogP) is 1.19. The molecule has 2 fully saturated rings. The topological polar surface area (TPSA) is 149 Å². The fourth-order valence-corrected chi connectivity index (χ4v) is 5.15. The Bertz CT molecular complexity index is 1120. The third-order valence-electron chi connectivity index (χ3n) is 6.93. The maximum Gasteiger partial charge on any atom is 0.339 e. The number of aromatic nitrogens is 3. The first-order valence-corrected chi connectivity index (χ1v) is 11.4. The summed E-state index contributed by atoms with van der Waals surface area (Å²) in [6, 6.07) is 3.36. The number of aryl methyl sites for hydroxylation is 1. The highest BCUT2D eigenvalue weighted by atomic mass is 16.5. The molecule has 3 N–H and O–H groups in total. The van der Waals surface area contributed by atoms with Gasteiger partial charge in [0.1, 0.15) is 11.4 Å². The number of carboxylic acid groups (broad SMARTS) is 2. The fraction of sp³-hybridized carbons (Fsp3) is 0.522. The second-order valence-corrected chi connectivity index (χ2v) is 8.82. The van der Waals surface area contributed by atoms with Gasteiger partial charge >= 0.3 is 5.97 Å². The molecule has 1 aliphatic carbocycles. The zero-order valence-electron chi connectivity index (χ0n) is 19.1. The molecule has 1 spiro atoms. The van der Waals surface area contributed by atoms with Gasteiger partial charge in [0.25, 0.3) is 12.0 Å². The Morgan fingerprint density at radius 2 is 1.79 bits per heavy atom. The number of nitrogens with one attached hydrogen (secondary N) is 1. The third kappa shape index (κ3) is 4.47. The van der Waals surface area contributed by atoms with Crippen molar-refractivity contribution in [1.29, 1.82) is 0 Å². The van der Waals surface area contributed by atoms with Crippen LogP contribution in [0.1, 0.15) is 46.6 Å². The molecule has 3 aliphatic rings. The minimum atomic E-state index is -0.961. The molecule has 2 aliphatic heterocycles. The van der Waals surface area contributed by atoms with E-state index in [4.69, 9.17) is 19.6 Å². The molecular weight excluding hydrogens is 442 g/mol. The van der Waals surface area contributed by atoms with Crippen molar-refractivity contribution in [3.63, 3.8) is 0 Å². The number of morpholine rings is 1. The van der Waals surface area contributed by atoms with Gasteiger partial charge in [-0.25, -0.2) is 14.8 Å². The van der Waals surface area contributed by atoms with Crippen molar-refractivity contribution in [2.45, 2.75) is 38.0 Å². The summed E-state index contributed by atoms with van der Waals surface area (Å²) in [6.07, 6.45) is 3.30. The number of pyridine rings is 1. The number of anilines is 2. The van der Waals surface area contributed by atoms with Crippen LogP contribution in [0, 0.1) is 6.92 Å². The summed E-state index contributed by atoms with van der Waals surface area (Å²) in [5, 5.41) is 16.5. The average Bonchev–Trinajstić information content (AvgIpc) is 3.19. The number of hydrogen-bond donors (Lipinski definition) is 3. The summed E-state index contributed by atoms with van der Waals surface area (Å²) < 4.78 is 5.43. The molecule has 0 aromatic carbocycles. The second kappa shape index (κ2) is 9.80. The maximum atomic E-state index is 12.8. The SMILES string of the molecule is Cc1ccc(C(=O)O)c(N2CCC3(CCc4c3nc(N3CCOCC3)[nH]c4=O)CC2)n1.O=CO. The molecule has 0 bridgehead atoms. The van der Waals surface area contributed by atoms with E-state index in [1.807, 2.05) is 6.92 Å². The van der Waals surface area contributed by atoms with Crippen molar-refractivity contribution in [2.75, 3.05) is 49.2 Å². The van der Waals surface area contributed by atoms with Gasteiger partial charge in [0, 0.05) is 42.9 Å². The van der Waals surface area contributed by atoms with E-state index < -0.39 is 5.97 Å². The Hall–Kier alpha value is -3.47. The Morgan fingerprint density at radius 1 is 1.12 bits per heavy atom. The van der Waals surface area contributed by atoms with Crippen LogP contribution in [0.4, 0.5) is 11.8 Å². The fourth-order valence-electron chi connectivity index (χ4n) is 5.15. The van der Waals surface area contributed by atoms with Crippen molar-refractivity contribution < 1.29 is 24.5 Å². The van der Waals surface area contributed by atoms with E-state index in [9.17, 15) is 14.7 Å². The molecule has 4 heterocycles. The summed E-state index contributed by atoms with van der Waals surface area (Å²) in [6.45, 7) is 5.72. The lowest BCUT2D eigenvalue weighted by molar-refractivity contribution is -0.122. The number of rotatable bonds is 3. The Morgan fingerprint density at radius 3 is 2.44 bits per heavy atom. The van der Waals surface area contributed by atoms with Crippen LogP contribution in [-0.2, 0) is 21.4 Å². The highest BCUT2D eigenvalue weighted by molar-refractivity contribution is 5.93. The standard InChI is InChI=1S/C22H27N5O4.CH2O2/c1-14-2-3-16(20(29)30)18(23-14)26-8-6-22(7-9-26)5-4-15-17(22)24-21(25-19(15)28)27-10-12-31-13-11-27;2-1-3/h2-3H,4-13H2,1H3,(H,29,30)(H,24,25,28);1H,(H,2,3). The minimum Gasteiger partial charge on any atom is -0.483 e. The Balaban J connectivity index is 0.000000868. The quantitative estimate of drug-likeness (QED) is 0.557. The number of aromatic carboxylic acids is 1. The normalized spacial score (nSPS) is 18.7. The predicted molar refractivity (Wildman–Crippen MR) is 124 cm³/mol. The number of aromatic amines is 1. The molecule has 0 radical (unpaired) electrons. The molecule has 2 saturated heterocycles. The largest absolute Gasteiger partial charge is 0.483 e. The number of carbonyl (C=O) groups is 2. The zero-order valence-corrected chi connectivity index (χ0v) is 19.1. The van der Waals surface area contributed by atoms with Crippen LogP contribution in [0.15, 0.2) is 16.9 Å². The van der Waals surface area contributed by atoms with Crippen LogP contribution in [-0.4, -0.2) is 77.0 Å². The van der Waals surface area contributed by atoms with Crippen molar-refractivity contribution in [3.8, 4) is 0 Å². The van der Waals surface area contributed by atoms with Gasteiger partial charge in [0.05, 0.1) is 18.9 Å². The molecule has 11 heteroatoms. The van der Waals surface area contributed by atoms with Gasteiger partial charge in [0.2, 0.25) is 5.95 Å². The smallest absolute Gasteiger partial charge is 0.339 e. The highest BCUT2D eigenvalue weighted by Crippen LogP contribution is 2.45. The summed E-state index contributed by atoms with van der Waals surface area (Å²) in [4.78, 5) is 49.5. The van der Waals surface area contributed by atoms with Gasteiger partial charge in [-0.1, -0.05) is 0 Å². The number of nitrogens with zero attached hydrogens (tertiary/aromatic N) is 4. The van der Waals surface area contributed by atoms with Gasteiger partial charge in [-0.3, -0.25) is 14.6 Å². The summed E-state index contributed by atoms with van der Waals surface area (Å²) in [7, 11) is 0. The van der Waals surface area contributed by atoms with E-state index >= 15 is 0 Å². The van der Waals surface area contributed by atoms with Crippen molar-refractivity contribution in [1.82, 2.24) is 15.0 Å². The van der Waals surface area contributed by atoms with Crippen LogP contribution in [0.5, 0.6) is 0 Å². The molecule has 0 saturated carbocycles. The lowest BCUT2D eigenvalue weighted by atomic mass is 9.76. The molecule has 34 heavy (non-hydrogen) atoms. The molecule has 2 aromatic rings. The van der Waals surface area contributed by atoms with E-state index in [0.29, 0.717) is 38.1 Å². The number of ether oxygens (including phenoxy) is 1. The van der Waals surface area contributed by atoms with Crippen molar-refractivity contribution in [3.05, 3.63) is 45.0 Å². The van der Waals surface area contributed by atoms with Gasteiger partial charge in [-0.15, -0.1) is 0 Å². The number of piperidine rings is 1. The van der Waals surface area contributed by atoms with E-state index in [2.05, 4.69) is 19.8 Å². The van der Waals surface area contributed by atoms with E-state index in [1.54, 1.807) is 12.1 Å². The minimum absolute atomic E-state index is 0.0284. The third-order valence-corrected chi connectivity index (χ3v) is 6.93. The molecule has 0 unspecified atom stereocenters. The average molecular weight is 472 g/mol. The van der Waals surface area contributed by atoms with Crippen LogP contribution in [0.25, 0.3) is 0 Å². The maximum absolute atomic E-state index is 12.8. The molecule has 5 rings (SSSR count). The van der Waals surface area contributed by atoms with Crippen molar-refractivity contribution >= 4 is 24.2 Å². The van der Waals surface area contributed by atoms with Crippen LogP contribution < -0.4 is 15.4 Å². The number of carboxylic acids is 1. The Labute approximate surface area is 196 Å². The van der Waals surface area contributed by atoms with Gasteiger partial charge < -0.3 is 24.7 Å². The summed E-state index contributed by atoms with van der Waals surface area (Å²) in [5.41, 5.74) is 2.62. The number of H-pyrrole nitrogens is 1. The van der Waals surface area contributed by atoms with Crippen molar-refractivity contribution in [2.24, 2.45) is 0 Å². The molecule has 182 valence electrons. The first-order valence-electron chi connectivity index (χ1n) is 11.4. The molecule has 0 atom stereocenters. The monoisotopic (exact) mass is 471 g/mol. The van der Waals surface area contributed by atoms with E-state index in [1.165, 1.54) is 0 Å². The van der Waals surface area contributed by atoms with E-state index in [0.717, 1.165) is 55.7 Å². The van der Waals surface area contributed by atoms with Gasteiger partial charge in [0.15, 0.2) is 0 Å². The molecule has 2 aromatic heterocycles. The van der Waals surface area contributed by atoms with Gasteiger partial charge in [-0.2, -0.15) is 0 Å². The summed E-state index contributed by atoms with van der Waals surface area (Å²) >= 11 is 0. The molecule has 11 nitrogen and oxygen atoms in total. The van der Waals surface area contributed by atoms with Gasteiger partial charge in [-0.05, 0) is 44.7 Å². The first-order chi connectivity index (χ1) is 16.4. The Kier molecular flexibility index (Phi) is 6.82. The molecular formula is C23H29N5O6. The van der Waals surface area contributed by atoms with Crippen LogP contribution in [0.3, 0.4) is 0 Å². The number of hydrogen-bond acceptors (Lipinski definition) is 8.